The Labute approximate surface area is 262 Å². The van der Waals surface area contributed by atoms with E-state index in [9.17, 15) is 9.59 Å². The van der Waals surface area contributed by atoms with Crippen LogP contribution in [0.3, 0.4) is 0 Å². The molecule has 2 aliphatic rings. The average molecular weight is 616 g/mol. The highest BCUT2D eigenvalue weighted by molar-refractivity contribution is 7.20. The summed E-state index contributed by atoms with van der Waals surface area (Å²) >= 11 is 1.40. The molecule has 11 heteroatoms. The van der Waals surface area contributed by atoms with Gasteiger partial charge in [-0.3, -0.25) is 9.78 Å². The summed E-state index contributed by atoms with van der Waals surface area (Å²) in [4.78, 5) is 45.7. The van der Waals surface area contributed by atoms with Gasteiger partial charge in [-0.2, -0.15) is 0 Å². The Kier molecular flexibility index (Phi) is 8.95. The van der Waals surface area contributed by atoms with E-state index in [-0.39, 0.29) is 12.0 Å². The Morgan fingerprint density at radius 3 is 2.48 bits per heavy atom. The molecule has 10 nitrogen and oxygen atoms in total. The molecule has 1 N–H and O–H groups in total. The summed E-state index contributed by atoms with van der Waals surface area (Å²) in [5.74, 6) is -0.107. The van der Waals surface area contributed by atoms with Crippen LogP contribution >= 0.6 is 11.3 Å². The number of aromatic nitrogens is 3. The fourth-order valence-corrected chi connectivity index (χ4v) is 6.77. The molecular formula is C33H41N7O3S. The van der Waals surface area contributed by atoms with Crippen LogP contribution in [0.5, 0.6) is 0 Å². The average Bonchev–Trinajstić information content (AvgIpc) is 3.46. The number of anilines is 1. The molecule has 4 aromatic rings. The molecule has 1 aromatic carbocycles. The molecule has 232 valence electrons. The Morgan fingerprint density at radius 1 is 0.932 bits per heavy atom. The van der Waals surface area contributed by atoms with Crippen LogP contribution in [0.2, 0.25) is 0 Å². The van der Waals surface area contributed by atoms with Gasteiger partial charge in [-0.15, -0.1) is 11.3 Å². The Hall–Kier alpha value is -3.83. The van der Waals surface area contributed by atoms with E-state index in [1.54, 1.807) is 16.0 Å². The number of carbonyl (C=O) groups excluding carboxylic acids is 2. The van der Waals surface area contributed by atoms with Crippen molar-refractivity contribution in [3.63, 3.8) is 0 Å². The molecule has 2 amide bonds. The number of hydrogen-bond acceptors (Lipinski definition) is 9. The third-order valence-electron chi connectivity index (χ3n) is 8.11. The van der Waals surface area contributed by atoms with Crippen molar-refractivity contribution in [2.24, 2.45) is 0 Å². The maximum atomic E-state index is 13.4. The van der Waals surface area contributed by atoms with Crippen LogP contribution in [0.15, 0.2) is 42.7 Å². The van der Waals surface area contributed by atoms with Crippen LogP contribution in [-0.2, 0) is 4.74 Å². The van der Waals surface area contributed by atoms with Crippen molar-refractivity contribution in [2.45, 2.75) is 52.1 Å². The van der Waals surface area contributed by atoms with Gasteiger partial charge in [0.1, 0.15) is 5.60 Å². The lowest BCUT2D eigenvalue weighted by atomic mass is 10.1. The standard InChI is InChI=1S/C33H41N7O3S/c1-33(2,3)43-32(42)40-18-16-39(17-19-40)31(41)30-37-26-9-8-23(20-29(26)44-30)27-21-28(24-22-34-12-10-25(24)36-27)35-11-7-15-38-13-5-4-6-14-38/h8-10,12,20-22H,4-7,11,13-19H2,1-3H3,(H,35,36). The minimum Gasteiger partial charge on any atom is -0.444 e. The minimum absolute atomic E-state index is 0.107. The first-order valence-electron chi connectivity index (χ1n) is 15.6. The van der Waals surface area contributed by atoms with Gasteiger partial charge in [0.25, 0.3) is 5.91 Å². The monoisotopic (exact) mass is 615 g/mol. The van der Waals surface area contributed by atoms with Gasteiger partial charge in [0.05, 0.1) is 21.4 Å². The topological polar surface area (TPSA) is 104 Å². The van der Waals surface area contributed by atoms with Crippen LogP contribution in [0.1, 0.15) is 56.3 Å². The van der Waals surface area contributed by atoms with E-state index in [0.29, 0.717) is 31.2 Å². The summed E-state index contributed by atoms with van der Waals surface area (Å²) in [6, 6.07) is 10.1. The lowest BCUT2D eigenvalue weighted by Gasteiger charge is -2.35. The normalized spacial score (nSPS) is 16.4. The van der Waals surface area contributed by atoms with Gasteiger partial charge < -0.3 is 24.8 Å². The zero-order valence-corrected chi connectivity index (χ0v) is 26.7. The summed E-state index contributed by atoms with van der Waals surface area (Å²) < 4.78 is 6.42. The Morgan fingerprint density at radius 2 is 1.70 bits per heavy atom. The van der Waals surface area contributed by atoms with E-state index in [2.05, 4.69) is 32.3 Å². The van der Waals surface area contributed by atoms with Crippen LogP contribution in [0.25, 0.3) is 32.4 Å². The molecule has 0 aliphatic carbocycles. The third kappa shape index (κ3) is 7.10. The van der Waals surface area contributed by atoms with Gasteiger partial charge in [-0.1, -0.05) is 12.5 Å². The number of piperidine rings is 1. The predicted octanol–water partition coefficient (Wildman–Crippen LogP) is 5.89. The number of fused-ring (bicyclic) bond motifs is 2. The lowest BCUT2D eigenvalue weighted by Crippen LogP contribution is -2.51. The van der Waals surface area contributed by atoms with E-state index in [1.165, 1.54) is 43.7 Å². The molecule has 0 bridgehead atoms. The van der Waals surface area contributed by atoms with Gasteiger partial charge in [-0.25, -0.2) is 14.8 Å². The van der Waals surface area contributed by atoms with Crippen LogP contribution in [-0.4, -0.2) is 99.6 Å². The fraction of sp³-hybridized carbons (Fsp3) is 0.485. The zero-order chi connectivity index (χ0) is 30.7. The number of carbonyl (C=O) groups is 2. The molecule has 6 rings (SSSR count). The van der Waals surface area contributed by atoms with E-state index in [0.717, 1.165) is 57.6 Å². The number of piperazine rings is 1. The Balaban J connectivity index is 1.15. The number of benzene rings is 1. The Bertz CT molecular complexity index is 1640. The van der Waals surface area contributed by atoms with Crippen LogP contribution in [0, 0.1) is 0 Å². The second-order valence-corrected chi connectivity index (χ2v) is 13.6. The van der Waals surface area contributed by atoms with Crippen molar-refractivity contribution in [1.82, 2.24) is 29.7 Å². The van der Waals surface area contributed by atoms with E-state index >= 15 is 0 Å². The van der Waals surface area contributed by atoms with Gasteiger partial charge in [0, 0.05) is 61.8 Å². The second-order valence-electron chi connectivity index (χ2n) is 12.6. The summed E-state index contributed by atoms with van der Waals surface area (Å²) in [5.41, 5.74) is 4.00. The number of amides is 2. The van der Waals surface area contributed by atoms with Crippen LogP contribution in [0.4, 0.5) is 10.5 Å². The van der Waals surface area contributed by atoms with Gasteiger partial charge in [0.15, 0.2) is 5.01 Å². The molecule has 0 unspecified atom stereocenters. The second kappa shape index (κ2) is 13.0. The number of pyridine rings is 2. The molecule has 0 spiro atoms. The largest absolute Gasteiger partial charge is 0.444 e. The lowest BCUT2D eigenvalue weighted by molar-refractivity contribution is 0.0141. The van der Waals surface area contributed by atoms with Gasteiger partial charge >= 0.3 is 6.09 Å². The number of hydrogen-bond donors (Lipinski definition) is 1. The van der Waals surface area contributed by atoms with E-state index in [4.69, 9.17) is 9.72 Å². The van der Waals surface area contributed by atoms with Gasteiger partial charge in [0.2, 0.25) is 0 Å². The van der Waals surface area contributed by atoms with Crippen molar-refractivity contribution in [3.05, 3.63) is 47.7 Å². The summed E-state index contributed by atoms with van der Waals surface area (Å²) in [6.07, 6.45) is 8.36. The zero-order valence-electron chi connectivity index (χ0n) is 25.8. The molecule has 2 aliphatic heterocycles. The molecular weight excluding hydrogens is 574 g/mol. The molecule has 0 saturated carbocycles. The highest BCUT2D eigenvalue weighted by atomic mass is 32.1. The van der Waals surface area contributed by atoms with E-state index < -0.39 is 5.60 Å². The first kappa shape index (κ1) is 30.2. The molecule has 5 heterocycles. The molecule has 0 radical (unpaired) electrons. The number of rotatable bonds is 7. The SMILES string of the molecule is CC(C)(C)OC(=O)N1CCN(C(=O)c2nc3ccc(-c4cc(NCCCN5CCCCC5)c5cnccc5n4)cc3s2)CC1. The molecule has 3 aromatic heterocycles. The van der Waals surface area contributed by atoms with Crippen molar-refractivity contribution < 1.29 is 14.3 Å². The molecule has 2 fully saturated rings. The van der Waals surface area contributed by atoms with E-state index in [1.807, 2.05) is 45.2 Å². The third-order valence-corrected chi connectivity index (χ3v) is 9.12. The summed E-state index contributed by atoms with van der Waals surface area (Å²) in [5, 5.41) is 5.11. The number of nitrogens with zero attached hydrogens (tertiary/aromatic N) is 6. The molecule has 0 atom stereocenters. The number of thiazole rings is 1. The van der Waals surface area contributed by atoms with Crippen molar-refractivity contribution in [3.8, 4) is 11.3 Å². The van der Waals surface area contributed by atoms with Crippen molar-refractivity contribution in [2.75, 3.05) is 57.7 Å². The summed E-state index contributed by atoms with van der Waals surface area (Å²) in [6.45, 7) is 11.8. The van der Waals surface area contributed by atoms with Crippen molar-refractivity contribution >= 4 is 50.1 Å². The smallest absolute Gasteiger partial charge is 0.410 e. The predicted molar refractivity (Wildman–Crippen MR) is 175 cm³/mol. The van der Waals surface area contributed by atoms with Crippen molar-refractivity contribution in [1.29, 1.82) is 0 Å². The molecule has 44 heavy (non-hydrogen) atoms. The minimum atomic E-state index is -0.547. The van der Waals surface area contributed by atoms with Crippen LogP contribution < -0.4 is 5.32 Å². The first-order chi connectivity index (χ1) is 21.2. The molecule has 2 saturated heterocycles. The first-order valence-corrected chi connectivity index (χ1v) is 16.4. The number of likely N-dealkylation sites (tertiary alicyclic amines) is 1. The number of nitrogens with one attached hydrogen (secondary N) is 1. The quantitative estimate of drug-likeness (QED) is 0.257. The highest BCUT2D eigenvalue weighted by Crippen LogP contribution is 2.32. The highest BCUT2D eigenvalue weighted by Gasteiger charge is 2.29. The maximum Gasteiger partial charge on any atom is 0.410 e. The van der Waals surface area contributed by atoms with Gasteiger partial charge in [-0.05, 0) is 83.9 Å². The summed E-state index contributed by atoms with van der Waals surface area (Å²) in [7, 11) is 0. The fourth-order valence-electron chi connectivity index (χ4n) is 5.80. The maximum absolute atomic E-state index is 13.4. The number of ether oxygens (including phenoxy) is 1.